The number of hydroxylamine groups is 2. The van der Waals surface area contributed by atoms with Gasteiger partial charge in [-0.15, -0.1) is 0 Å². The maximum atomic E-state index is 11.2. The van der Waals surface area contributed by atoms with Gasteiger partial charge in [0.1, 0.15) is 5.03 Å². The second kappa shape index (κ2) is 7.97. The lowest BCUT2D eigenvalue weighted by molar-refractivity contribution is -0.184. The fourth-order valence-corrected chi connectivity index (χ4v) is 2.70. The normalized spacial score (nSPS) is 9.71. The number of carbonyl (C=O) groups is 2. The zero-order chi connectivity index (χ0) is 12.5. The van der Waals surface area contributed by atoms with Gasteiger partial charge in [-0.1, -0.05) is 16.9 Å². The van der Waals surface area contributed by atoms with Crippen molar-refractivity contribution in [3.63, 3.8) is 0 Å². The molecule has 1 aromatic heterocycles. The SMILES string of the molecule is CN(C=O)OC(=O)CCSSc1ccccn1. The van der Waals surface area contributed by atoms with E-state index in [1.807, 2.05) is 18.2 Å². The lowest BCUT2D eigenvalue weighted by Gasteiger charge is -2.09. The van der Waals surface area contributed by atoms with Crippen LogP contribution in [-0.4, -0.2) is 35.2 Å². The average Bonchev–Trinajstić information content (AvgIpc) is 2.36. The molecule has 5 nitrogen and oxygen atoms in total. The molecule has 0 unspecified atom stereocenters. The first-order valence-corrected chi connectivity index (χ1v) is 7.13. The van der Waals surface area contributed by atoms with Crippen LogP contribution >= 0.6 is 21.6 Å². The van der Waals surface area contributed by atoms with Crippen molar-refractivity contribution in [1.29, 1.82) is 0 Å². The molecule has 1 amide bonds. The summed E-state index contributed by atoms with van der Waals surface area (Å²) in [6.45, 7) is 0. The van der Waals surface area contributed by atoms with E-state index in [2.05, 4.69) is 9.82 Å². The molecule has 0 spiro atoms. The molecule has 0 atom stereocenters. The smallest absolute Gasteiger partial charge is 0.333 e. The summed E-state index contributed by atoms with van der Waals surface area (Å²) < 4.78 is 0. The molecule has 0 saturated heterocycles. The van der Waals surface area contributed by atoms with Crippen molar-refractivity contribution in [2.24, 2.45) is 0 Å². The Morgan fingerprint density at radius 1 is 1.59 bits per heavy atom. The summed E-state index contributed by atoms with van der Waals surface area (Å²) in [6, 6.07) is 5.65. The molecule has 92 valence electrons. The molecule has 0 aliphatic heterocycles. The van der Waals surface area contributed by atoms with Gasteiger partial charge in [0.25, 0.3) is 0 Å². The number of carbonyl (C=O) groups excluding carboxylic acids is 2. The molecule has 1 heterocycles. The van der Waals surface area contributed by atoms with Gasteiger partial charge < -0.3 is 4.84 Å². The fourth-order valence-electron chi connectivity index (χ4n) is 0.851. The number of hydrogen-bond donors (Lipinski definition) is 0. The monoisotopic (exact) mass is 272 g/mol. The number of amides is 1. The molecule has 0 fully saturated rings. The molecular weight excluding hydrogens is 260 g/mol. The van der Waals surface area contributed by atoms with Gasteiger partial charge in [-0.05, 0) is 22.9 Å². The summed E-state index contributed by atoms with van der Waals surface area (Å²) in [4.78, 5) is 30.1. The van der Waals surface area contributed by atoms with E-state index in [-0.39, 0.29) is 6.42 Å². The van der Waals surface area contributed by atoms with Crippen LogP contribution in [0.3, 0.4) is 0 Å². The van der Waals surface area contributed by atoms with Gasteiger partial charge >= 0.3 is 5.97 Å². The molecular formula is C10H12N2O3S2. The second-order valence-corrected chi connectivity index (χ2v) is 5.37. The van der Waals surface area contributed by atoms with Crippen molar-refractivity contribution in [2.75, 3.05) is 12.8 Å². The summed E-state index contributed by atoms with van der Waals surface area (Å²) in [5.74, 6) is 0.181. The zero-order valence-corrected chi connectivity index (χ0v) is 10.9. The van der Waals surface area contributed by atoms with Gasteiger partial charge in [0.05, 0.1) is 6.42 Å². The lowest BCUT2D eigenvalue weighted by atomic mass is 10.5. The summed E-state index contributed by atoms with van der Waals surface area (Å²) in [6.07, 6.45) is 2.41. The number of rotatable bonds is 7. The van der Waals surface area contributed by atoms with Crippen LogP contribution in [0.2, 0.25) is 0 Å². The van der Waals surface area contributed by atoms with E-state index >= 15 is 0 Å². The van der Waals surface area contributed by atoms with Crippen molar-refractivity contribution in [3.8, 4) is 0 Å². The number of hydrogen-bond acceptors (Lipinski definition) is 6. The van der Waals surface area contributed by atoms with Crippen LogP contribution in [-0.2, 0) is 14.4 Å². The van der Waals surface area contributed by atoms with Gasteiger partial charge in [0.15, 0.2) is 0 Å². The van der Waals surface area contributed by atoms with Gasteiger partial charge in [-0.25, -0.2) is 9.78 Å². The third-order valence-corrected chi connectivity index (χ3v) is 3.83. The zero-order valence-electron chi connectivity index (χ0n) is 9.24. The molecule has 0 aliphatic rings. The van der Waals surface area contributed by atoms with Crippen LogP contribution in [0.5, 0.6) is 0 Å². The van der Waals surface area contributed by atoms with Crippen molar-refractivity contribution in [1.82, 2.24) is 10.0 Å². The van der Waals surface area contributed by atoms with Gasteiger partial charge in [0.2, 0.25) is 6.41 Å². The standard InChI is InChI=1S/C10H12N2O3S2/c1-12(8-13)15-10(14)5-7-16-17-9-4-2-3-6-11-9/h2-4,6,8H,5,7H2,1H3. The molecule has 0 aromatic carbocycles. The minimum Gasteiger partial charge on any atom is -0.339 e. The van der Waals surface area contributed by atoms with E-state index in [1.165, 1.54) is 28.6 Å². The Bertz CT molecular complexity index is 362. The van der Waals surface area contributed by atoms with Crippen molar-refractivity contribution in [2.45, 2.75) is 11.4 Å². The van der Waals surface area contributed by atoms with Crippen LogP contribution in [0.4, 0.5) is 0 Å². The first kappa shape index (κ1) is 13.9. The molecule has 1 aromatic rings. The number of pyridine rings is 1. The molecule has 0 saturated carbocycles. The second-order valence-electron chi connectivity index (χ2n) is 2.94. The van der Waals surface area contributed by atoms with Crippen molar-refractivity contribution in [3.05, 3.63) is 24.4 Å². The molecule has 0 N–H and O–H groups in total. The van der Waals surface area contributed by atoms with Crippen LogP contribution in [0, 0.1) is 0 Å². The third kappa shape index (κ3) is 6.18. The Kier molecular flexibility index (Phi) is 6.49. The Balaban J connectivity index is 2.12. The Hall–Kier alpha value is -1.21. The highest BCUT2D eigenvalue weighted by Gasteiger charge is 2.06. The Labute approximate surface area is 107 Å². The van der Waals surface area contributed by atoms with E-state index in [0.717, 1.165) is 10.1 Å². The van der Waals surface area contributed by atoms with Gasteiger partial charge in [0, 0.05) is 19.0 Å². The minimum atomic E-state index is -0.422. The average molecular weight is 272 g/mol. The summed E-state index contributed by atoms with van der Waals surface area (Å²) in [5.41, 5.74) is 0. The van der Waals surface area contributed by atoms with Crippen LogP contribution in [0.25, 0.3) is 0 Å². The van der Waals surface area contributed by atoms with E-state index in [1.54, 1.807) is 6.20 Å². The Morgan fingerprint density at radius 2 is 2.41 bits per heavy atom. The molecule has 1 rings (SSSR count). The lowest BCUT2D eigenvalue weighted by Crippen LogP contribution is -2.21. The Morgan fingerprint density at radius 3 is 3.06 bits per heavy atom. The molecule has 0 bridgehead atoms. The van der Waals surface area contributed by atoms with E-state index in [0.29, 0.717) is 12.2 Å². The van der Waals surface area contributed by atoms with Crippen LogP contribution in [0.1, 0.15) is 6.42 Å². The number of aromatic nitrogens is 1. The van der Waals surface area contributed by atoms with Crippen LogP contribution in [0.15, 0.2) is 29.4 Å². The molecule has 0 aliphatic carbocycles. The van der Waals surface area contributed by atoms with Gasteiger partial charge in [-0.2, -0.15) is 5.06 Å². The van der Waals surface area contributed by atoms with E-state index in [9.17, 15) is 9.59 Å². The van der Waals surface area contributed by atoms with Gasteiger partial charge in [-0.3, -0.25) is 4.79 Å². The predicted octanol–water partition coefficient (Wildman–Crippen LogP) is 1.76. The topological polar surface area (TPSA) is 59.5 Å². The largest absolute Gasteiger partial charge is 0.339 e. The number of nitrogens with zero attached hydrogens (tertiary/aromatic N) is 2. The maximum Gasteiger partial charge on any atom is 0.333 e. The van der Waals surface area contributed by atoms with Crippen LogP contribution < -0.4 is 0 Å². The van der Waals surface area contributed by atoms with Crippen molar-refractivity contribution < 1.29 is 14.4 Å². The summed E-state index contributed by atoms with van der Waals surface area (Å²) in [7, 11) is 4.39. The van der Waals surface area contributed by atoms with E-state index in [4.69, 9.17) is 0 Å². The third-order valence-electron chi connectivity index (χ3n) is 1.57. The molecule has 17 heavy (non-hydrogen) atoms. The minimum absolute atomic E-state index is 0.253. The summed E-state index contributed by atoms with van der Waals surface area (Å²) >= 11 is 0. The highest BCUT2D eigenvalue weighted by atomic mass is 33.1. The molecule has 0 radical (unpaired) electrons. The van der Waals surface area contributed by atoms with E-state index < -0.39 is 5.97 Å². The first-order chi connectivity index (χ1) is 8.22. The molecule has 7 heteroatoms. The highest BCUT2D eigenvalue weighted by molar-refractivity contribution is 8.76. The first-order valence-electron chi connectivity index (χ1n) is 4.82. The summed E-state index contributed by atoms with van der Waals surface area (Å²) in [5, 5.41) is 1.75. The quantitative estimate of drug-likeness (QED) is 0.326. The highest BCUT2D eigenvalue weighted by Crippen LogP contribution is 2.29. The predicted molar refractivity (Wildman–Crippen MR) is 67.1 cm³/mol. The maximum absolute atomic E-state index is 11.2. The van der Waals surface area contributed by atoms with Crippen molar-refractivity contribution >= 4 is 34.0 Å². The fraction of sp³-hybridized carbons (Fsp3) is 0.300.